The maximum Gasteiger partial charge on any atom is 0.123 e. The van der Waals surface area contributed by atoms with Gasteiger partial charge in [-0.25, -0.2) is 0 Å². The zero-order valence-corrected chi connectivity index (χ0v) is 13.4. The first kappa shape index (κ1) is 15.3. The van der Waals surface area contributed by atoms with E-state index in [4.69, 9.17) is 4.74 Å². The van der Waals surface area contributed by atoms with Gasteiger partial charge in [-0.1, -0.05) is 13.0 Å². The summed E-state index contributed by atoms with van der Waals surface area (Å²) < 4.78 is 5.54. The molecule has 0 saturated carbocycles. The smallest absolute Gasteiger partial charge is 0.123 e. The van der Waals surface area contributed by atoms with E-state index in [0.717, 1.165) is 18.2 Å². The van der Waals surface area contributed by atoms with Gasteiger partial charge in [0.1, 0.15) is 5.75 Å². The van der Waals surface area contributed by atoms with Crippen molar-refractivity contribution in [3.05, 3.63) is 29.3 Å². The van der Waals surface area contributed by atoms with Crippen LogP contribution in [0.15, 0.2) is 18.2 Å². The Morgan fingerprint density at radius 2 is 2.15 bits per heavy atom. The monoisotopic (exact) mass is 276 g/mol. The molecule has 0 bridgehead atoms. The zero-order chi connectivity index (χ0) is 14.7. The van der Waals surface area contributed by atoms with Crippen LogP contribution >= 0.6 is 0 Å². The molecule has 1 aliphatic rings. The topological polar surface area (TPSA) is 24.5 Å². The van der Waals surface area contributed by atoms with Crippen molar-refractivity contribution in [3.8, 4) is 5.75 Å². The highest BCUT2D eigenvalue weighted by molar-refractivity contribution is 5.38. The lowest BCUT2D eigenvalue weighted by atomic mass is 10.0. The van der Waals surface area contributed by atoms with Crippen LogP contribution in [0.4, 0.5) is 0 Å². The summed E-state index contributed by atoms with van der Waals surface area (Å²) in [6, 6.07) is 7.58. The Bertz CT molecular complexity index is 447. The van der Waals surface area contributed by atoms with E-state index in [0.29, 0.717) is 12.1 Å². The molecule has 3 nitrogen and oxygen atoms in total. The van der Waals surface area contributed by atoms with Gasteiger partial charge in [-0.3, -0.25) is 4.90 Å². The van der Waals surface area contributed by atoms with E-state index in [1.807, 2.05) is 7.05 Å². The Kier molecular flexibility index (Phi) is 5.06. The van der Waals surface area contributed by atoms with Crippen molar-refractivity contribution >= 4 is 0 Å². The molecule has 20 heavy (non-hydrogen) atoms. The van der Waals surface area contributed by atoms with Crippen LogP contribution in [0.1, 0.15) is 44.4 Å². The number of ether oxygens (including phenoxy) is 1. The fraction of sp³-hybridized carbons (Fsp3) is 0.647. The minimum atomic E-state index is 0.370. The van der Waals surface area contributed by atoms with Crippen LogP contribution in [0.25, 0.3) is 0 Å². The third kappa shape index (κ3) is 3.33. The molecule has 0 aliphatic carbocycles. The molecule has 0 aromatic heterocycles. The molecule has 3 unspecified atom stereocenters. The highest BCUT2D eigenvalue weighted by Crippen LogP contribution is 2.29. The van der Waals surface area contributed by atoms with Crippen molar-refractivity contribution in [2.75, 3.05) is 20.7 Å². The maximum absolute atomic E-state index is 5.54. The second kappa shape index (κ2) is 6.59. The summed E-state index contributed by atoms with van der Waals surface area (Å²) in [6.45, 7) is 9.03. The molecule has 0 spiro atoms. The molecule has 1 fully saturated rings. The fourth-order valence-electron chi connectivity index (χ4n) is 3.18. The first-order valence-corrected chi connectivity index (χ1v) is 7.63. The summed E-state index contributed by atoms with van der Waals surface area (Å²) in [6.07, 6.45) is 1.30. The SMILES string of the molecule is CNC(C)c1ccc(OC)c(CN2CC(C)CC2C)c1. The Balaban J connectivity index is 2.20. The van der Waals surface area contributed by atoms with E-state index in [9.17, 15) is 0 Å². The first-order chi connectivity index (χ1) is 9.55. The molecule has 112 valence electrons. The maximum atomic E-state index is 5.54. The molecule has 3 atom stereocenters. The van der Waals surface area contributed by atoms with Crippen molar-refractivity contribution in [2.24, 2.45) is 5.92 Å². The number of nitrogens with one attached hydrogen (secondary N) is 1. The summed E-state index contributed by atoms with van der Waals surface area (Å²) in [7, 11) is 3.76. The predicted molar refractivity (Wildman–Crippen MR) is 84.1 cm³/mol. The first-order valence-electron chi connectivity index (χ1n) is 7.63. The van der Waals surface area contributed by atoms with Gasteiger partial charge in [0, 0.05) is 30.7 Å². The van der Waals surface area contributed by atoms with Crippen molar-refractivity contribution in [1.82, 2.24) is 10.2 Å². The van der Waals surface area contributed by atoms with Crippen LogP contribution in [-0.2, 0) is 6.54 Å². The van der Waals surface area contributed by atoms with Crippen LogP contribution in [0.5, 0.6) is 5.75 Å². The van der Waals surface area contributed by atoms with Crippen LogP contribution in [0.3, 0.4) is 0 Å². The lowest BCUT2D eigenvalue weighted by Gasteiger charge is -2.23. The van der Waals surface area contributed by atoms with Crippen LogP contribution in [0, 0.1) is 5.92 Å². The molecule has 1 aliphatic heterocycles. The van der Waals surface area contributed by atoms with Gasteiger partial charge in [0.15, 0.2) is 0 Å². The number of benzene rings is 1. The number of likely N-dealkylation sites (tertiary alicyclic amines) is 1. The number of rotatable bonds is 5. The van der Waals surface area contributed by atoms with E-state index in [1.54, 1.807) is 7.11 Å². The minimum absolute atomic E-state index is 0.370. The molecule has 1 aromatic carbocycles. The summed E-state index contributed by atoms with van der Waals surface area (Å²) in [5.41, 5.74) is 2.62. The molecular formula is C17H28N2O. The molecule has 2 rings (SSSR count). The largest absolute Gasteiger partial charge is 0.496 e. The number of hydrogen-bond acceptors (Lipinski definition) is 3. The Morgan fingerprint density at radius 3 is 2.70 bits per heavy atom. The molecule has 1 aromatic rings. The zero-order valence-electron chi connectivity index (χ0n) is 13.4. The van der Waals surface area contributed by atoms with Crippen molar-refractivity contribution in [3.63, 3.8) is 0 Å². The third-order valence-corrected chi connectivity index (χ3v) is 4.52. The lowest BCUT2D eigenvalue weighted by molar-refractivity contribution is 0.252. The Labute approximate surface area is 123 Å². The molecular weight excluding hydrogens is 248 g/mol. The molecule has 3 heteroatoms. The third-order valence-electron chi connectivity index (χ3n) is 4.52. The van der Waals surface area contributed by atoms with Gasteiger partial charge in [0.2, 0.25) is 0 Å². The van der Waals surface area contributed by atoms with Crippen LogP contribution in [0.2, 0.25) is 0 Å². The highest BCUT2D eigenvalue weighted by Gasteiger charge is 2.26. The van der Waals surface area contributed by atoms with Gasteiger partial charge in [-0.2, -0.15) is 0 Å². The van der Waals surface area contributed by atoms with Gasteiger partial charge >= 0.3 is 0 Å². The molecule has 1 saturated heterocycles. The van der Waals surface area contributed by atoms with E-state index in [1.165, 1.54) is 24.1 Å². The quantitative estimate of drug-likeness (QED) is 0.894. The molecule has 1 N–H and O–H groups in total. The van der Waals surface area contributed by atoms with E-state index in [2.05, 4.69) is 49.2 Å². The normalized spacial score (nSPS) is 24.9. The van der Waals surface area contributed by atoms with Gasteiger partial charge in [0.05, 0.1) is 7.11 Å². The molecule has 0 amide bonds. The highest BCUT2D eigenvalue weighted by atomic mass is 16.5. The average Bonchev–Trinajstić information content (AvgIpc) is 2.76. The molecule has 0 radical (unpaired) electrons. The fourth-order valence-corrected chi connectivity index (χ4v) is 3.18. The van der Waals surface area contributed by atoms with E-state index in [-0.39, 0.29) is 0 Å². The van der Waals surface area contributed by atoms with Crippen molar-refractivity contribution in [2.45, 2.75) is 45.8 Å². The average molecular weight is 276 g/mol. The van der Waals surface area contributed by atoms with Crippen LogP contribution in [-0.4, -0.2) is 31.6 Å². The number of nitrogens with zero attached hydrogens (tertiary/aromatic N) is 1. The van der Waals surface area contributed by atoms with Crippen molar-refractivity contribution < 1.29 is 4.74 Å². The van der Waals surface area contributed by atoms with E-state index >= 15 is 0 Å². The number of hydrogen-bond donors (Lipinski definition) is 1. The van der Waals surface area contributed by atoms with Gasteiger partial charge in [-0.15, -0.1) is 0 Å². The standard InChI is InChI=1S/C17H28N2O/c1-12-8-13(2)19(10-12)11-16-9-15(14(3)18-4)6-7-17(16)20-5/h6-7,9,12-14,18H,8,10-11H2,1-5H3. The summed E-state index contributed by atoms with van der Waals surface area (Å²) in [5, 5.41) is 3.30. The van der Waals surface area contributed by atoms with Gasteiger partial charge < -0.3 is 10.1 Å². The predicted octanol–water partition coefficient (Wildman–Crippen LogP) is 3.21. The van der Waals surface area contributed by atoms with Gasteiger partial charge in [0.25, 0.3) is 0 Å². The van der Waals surface area contributed by atoms with Crippen LogP contribution < -0.4 is 10.1 Å². The lowest BCUT2D eigenvalue weighted by Crippen LogP contribution is -2.27. The van der Waals surface area contributed by atoms with Gasteiger partial charge in [-0.05, 0) is 50.9 Å². The Hall–Kier alpha value is -1.06. The summed E-state index contributed by atoms with van der Waals surface area (Å²) in [4.78, 5) is 2.57. The Morgan fingerprint density at radius 1 is 1.40 bits per heavy atom. The second-order valence-corrected chi connectivity index (χ2v) is 6.20. The number of methoxy groups -OCH3 is 1. The minimum Gasteiger partial charge on any atom is -0.496 e. The summed E-state index contributed by atoms with van der Waals surface area (Å²) >= 11 is 0. The summed E-state index contributed by atoms with van der Waals surface area (Å²) in [5.74, 6) is 1.80. The molecule has 1 heterocycles. The van der Waals surface area contributed by atoms with Crippen molar-refractivity contribution in [1.29, 1.82) is 0 Å². The second-order valence-electron chi connectivity index (χ2n) is 6.20. The van der Waals surface area contributed by atoms with E-state index < -0.39 is 0 Å².